The summed E-state index contributed by atoms with van der Waals surface area (Å²) in [6.45, 7) is 0.462. The van der Waals surface area contributed by atoms with E-state index in [0.717, 1.165) is 11.2 Å². The van der Waals surface area contributed by atoms with Crippen LogP contribution in [-0.4, -0.2) is 21.3 Å². The molecule has 0 unspecified atom stereocenters. The summed E-state index contributed by atoms with van der Waals surface area (Å²) in [7, 11) is 0. The average Bonchev–Trinajstić information content (AvgIpc) is 3.21. The summed E-state index contributed by atoms with van der Waals surface area (Å²) in [5.41, 5.74) is 3.59. The van der Waals surface area contributed by atoms with Gasteiger partial charge in [-0.15, -0.1) is 0 Å². The summed E-state index contributed by atoms with van der Waals surface area (Å²) in [5.74, 6) is -0.168. The molecule has 2 heterocycles. The molecule has 0 aliphatic carbocycles. The Bertz CT molecular complexity index is 1140. The summed E-state index contributed by atoms with van der Waals surface area (Å²) in [5, 5.41) is 8.39. The predicted octanol–water partition coefficient (Wildman–Crippen LogP) is 3.91. The van der Waals surface area contributed by atoms with Gasteiger partial charge in [-0.3, -0.25) is 4.79 Å². The summed E-state index contributed by atoms with van der Waals surface area (Å²) >= 11 is 0. The van der Waals surface area contributed by atoms with Crippen molar-refractivity contribution in [2.75, 3.05) is 10.6 Å². The molecule has 3 N–H and O–H groups in total. The molecular weight excluding hydrogens is 366 g/mol. The molecular formula is C22H19N5O2. The summed E-state index contributed by atoms with van der Waals surface area (Å²) in [6.07, 6.45) is 5.28. The maximum atomic E-state index is 12.3. The Kier molecular flexibility index (Phi) is 5.20. The zero-order valence-corrected chi connectivity index (χ0v) is 15.5. The van der Waals surface area contributed by atoms with Gasteiger partial charge in [0, 0.05) is 36.4 Å². The highest BCUT2D eigenvalue weighted by atomic mass is 16.2. The molecule has 0 spiro atoms. The Balaban J connectivity index is 1.32. The second-order valence-electron chi connectivity index (χ2n) is 6.44. The van der Waals surface area contributed by atoms with Crippen molar-refractivity contribution < 1.29 is 9.59 Å². The topological polar surface area (TPSA) is 87.5 Å². The number of amides is 3. The lowest BCUT2D eigenvalue weighted by atomic mass is 10.2. The number of anilines is 2. The smallest absolute Gasteiger partial charge is 0.323 e. The van der Waals surface area contributed by atoms with Crippen LogP contribution in [0.25, 0.3) is 5.65 Å². The SMILES string of the molecule is O=C(Nc1ccc(C(=O)NCc2ccccc2)cc1)Nc1ccc2nccn2c1. The van der Waals surface area contributed by atoms with Gasteiger partial charge in [-0.05, 0) is 42.0 Å². The monoisotopic (exact) mass is 385 g/mol. The van der Waals surface area contributed by atoms with Crippen LogP contribution in [0.15, 0.2) is 85.3 Å². The van der Waals surface area contributed by atoms with E-state index in [2.05, 4.69) is 20.9 Å². The highest BCUT2D eigenvalue weighted by molar-refractivity contribution is 6.00. The van der Waals surface area contributed by atoms with E-state index in [1.807, 2.05) is 40.8 Å². The second kappa shape index (κ2) is 8.26. The minimum absolute atomic E-state index is 0.168. The Labute approximate surface area is 167 Å². The maximum Gasteiger partial charge on any atom is 0.323 e. The second-order valence-corrected chi connectivity index (χ2v) is 6.44. The normalized spacial score (nSPS) is 10.5. The number of rotatable bonds is 5. The van der Waals surface area contributed by atoms with Crippen molar-refractivity contribution in [2.24, 2.45) is 0 Å². The molecule has 29 heavy (non-hydrogen) atoms. The van der Waals surface area contributed by atoms with Gasteiger partial charge in [0.15, 0.2) is 0 Å². The Morgan fingerprint density at radius 2 is 1.59 bits per heavy atom. The molecule has 2 aromatic carbocycles. The van der Waals surface area contributed by atoms with E-state index in [4.69, 9.17) is 0 Å². The quantitative estimate of drug-likeness (QED) is 0.487. The van der Waals surface area contributed by atoms with E-state index in [1.54, 1.807) is 48.9 Å². The Morgan fingerprint density at radius 3 is 2.38 bits per heavy atom. The van der Waals surface area contributed by atoms with Crippen molar-refractivity contribution in [3.63, 3.8) is 0 Å². The van der Waals surface area contributed by atoms with Crippen molar-refractivity contribution in [1.82, 2.24) is 14.7 Å². The minimum atomic E-state index is -0.370. The number of urea groups is 1. The van der Waals surface area contributed by atoms with Crippen LogP contribution in [0, 0.1) is 0 Å². The van der Waals surface area contributed by atoms with Crippen molar-refractivity contribution in [2.45, 2.75) is 6.54 Å². The first kappa shape index (κ1) is 18.2. The molecule has 0 aliphatic rings. The van der Waals surface area contributed by atoms with Crippen molar-refractivity contribution in [3.05, 3.63) is 96.4 Å². The third-order valence-corrected chi connectivity index (χ3v) is 4.35. The van der Waals surface area contributed by atoms with Gasteiger partial charge in [-0.25, -0.2) is 9.78 Å². The van der Waals surface area contributed by atoms with Crippen LogP contribution in [-0.2, 0) is 6.54 Å². The van der Waals surface area contributed by atoms with Gasteiger partial charge >= 0.3 is 6.03 Å². The number of benzene rings is 2. The molecule has 4 aromatic rings. The molecule has 3 amide bonds. The zero-order chi connectivity index (χ0) is 20.1. The van der Waals surface area contributed by atoms with Crippen LogP contribution in [0.3, 0.4) is 0 Å². The first-order valence-corrected chi connectivity index (χ1v) is 9.10. The first-order valence-electron chi connectivity index (χ1n) is 9.10. The van der Waals surface area contributed by atoms with Gasteiger partial charge < -0.3 is 20.4 Å². The first-order chi connectivity index (χ1) is 14.2. The number of imidazole rings is 1. The predicted molar refractivity (Wildman–Crippen MR) is 112 cm³/mol. The third-order valence-electron chi connectivity index (χ3n) is 4.35. The third kappa shape index (κ3) is 4.59. The molecule has 0 aliphatic heterocycles. The van der Waals surface area contributed by atoms with Crippen molar-refractivity contribution in [3.8, 4) is 0 Å². The molecule has 2 aromatic heterocycles. The molecule has 0 bridgehead atoms. The lowest BCUT2D eigenvalue weighted by Gasteiger charge is -2.09. The summed E-state index contributed by atoms with van der Waals surface area (Å²) in [4.78, 5) is 28.6. The number of aromatic nitrogens is 2. The van der Waals surface area contributed by atoms with Crippen LogP contribution < -0.4 is 16.0 Å². The fourth-order valence-electron chi connectivity index (χ4n) is 2.87. The standard InChI is InChI=1S/C22H19N5O2/c28-21(24-14-16-4-2-1-3-5-16)17-6-8-18(9-7-17)25-22(29)26-19-10-11-20-23-12-13-27(20)15-19/h1-13,15H,14H2,(H,24,28)(H2,25,26,29). The molecule has 0 saturated heterocycles. The lowest BCUT2D eigenvalue weighted by molar-refractivity contribution is 0.0951. The minimum Gasteiger partial charge on any atom is -0.348 e. The van der Waals surface area contributed by atoms with Crippen LogP contribution in [0.1, 0.15) is 15.9 Å². The molecule has 0 atom stereocenters. The van der Waals surface area contributed by atoms with Gasteiger partial charge in [-0.1, -0.05) is 30.3 Å². The van der Waals surface area contributed by atoms with Crippen molar-refractivity contribution >= 4 is 29.0 Å². The summed E-state index contributed by atoms with van der Waals surface area (Å²) in [6, 6.07) is 19.7. The number of hydrogen-bond donors (Lipinski definition) is 3. The van der Waals surface area contributed by atoms with Gasteiger partial charge in [-0.2, -0.15) is 0 Å². The van der Waals surface area contributed by atoms with E-state index < -0.39 is 0 Å². The maximum absolute atomic E-state index is 12.3. The van der Waals surface area contributed by atoms with Crippen LogP contribution in [0.2, 0.25) is 0 Å². The molecule has 7 nitrogen and oxygen atoms in total. The number of hydrogen-bond acceptors (Lipinski definition) is 3. The number of nitrogens with zero attached hydrogens (tertiary/aromatic N) is 2. The van der Waals surface area contributed by atoms with Crippen molar-refractivity contribution in [1.29, 1.82) is 0 Å². The summed E-state index contributed by atoms with van der Waals surface area (Å²) < 4.78 is 1.82. The average molecular weight is 385 g/mol. The lowest BCUT2D eigenvalue weighted by Crippen LogP contribution is -2.23. The van der Waals surface area contributed by atoms with Gasteiger partial charge in [0.1, 0.15) is 5.65 Å². The zero-order valence-electron chi connectivity index (χ0n) is 15.5. The largest absolute Gasteiger partial charge is 0.348 e. The highest BCUT2D eigenvalue weighted by Crippen LogP contribution is 2.13. The molecule has 0 fully saturated rings. The van der Waals surface area contributed by atoms with E-state index in [0.29, 0.717) is 23.5 Å². The van der Waals surface area contributed by atoms with E-state index in [9.17, 15) is 9.59 Å². The number of nitrogens with one attached hydrogen (secondary N) is 3. The fourth-order valence-corrected chi connectivity index (χ4v) is 2.87. The Hall–Kier alpha value is -4.13. The van der Waals surface area contributed by atoms with Gasteiger partial charge in [0.2, 0.25) is 0 Å². The molecule has 0 radical (unpaired) electrons. The number of fused-ring (bicyclic) bond motifs is 1. The number of carbonyl (C=O) groups is 2. The van der Waals surface area contributed by atoms with Gasteiger partial charge in [0.25, 0.3) is 5.91 Å². The highest BCUT2D eigenvalue weighted by Gasteiger charge is 2.07. The molecule has 7 heteroatoms. The number of carbonyl (C=O) groups excluding carboxylic acids is 2. The van der Waals surface area contributed by atoms with E-state index >= 15 is 0 Å². The van der Waals surface area contributed by atoms with Crippen LogP contribution in [0.5, 0.6) is 0 Å². The molecule has 4 rings (SSSR count). The van der Waals surface area contributed by atoms with E-state index in [-0.39, 0.29) is 11.9 Å². The molecule has 144 valence electrons. The number of pyridine rings is 1. The van der Waals surface area contributed by atoms with Crippen LogP contribution in [0.4, 0.5) is 16.2 Å². The van der Waals surface area contributed by atoms with E-state index in [1.165, 1.54) is 0 Å². The van der Waals surface area contributed by atoms with Crippen LogP contribution >= 0.6 is 0 Å². The Morgan fingerprint density at radius 1 is 0.862 bits per heavy atom. The molecule has 0 saturated carbocycles. The van der Waals surface area contributed by atoms with Gasteiger partial charge in [0.05, 0.1) is 5.69 Å². The fraction of sp³-hybridized carbons (Fsp3) is 0.0455.